The van der Waals surface area contributed by atoms with E-state index in [9.17, 15) is 14.4 Å². The van der Waals surface area contributed by atoms with Crippen molar-refractivity contribution in [3.63, 3.8) is 0 Å². The molecule has 0 radical (unpaired) electrons. The molecule has 0 amide bonds. The summed E-state index contributed by atoms with van der Waals surface area (Å²) in [5.41, 5.74) is 0. The van der Waals surface area contributed by atoms with E-state index in [1.807, 2.05) is 0 Å². The van der Waals surface area contributed by atoms with Crippen molar-refractivity contribution < 1.29 is 28.6 Å². The smallest absolute Gasteiger partial charge is 0.306 e. The lowest BCUT2D eigenvalue weighted by molar-refractivity contribution is -0.167. The van der Waals surface area contributed by atoms with Crippen LogP contribution in [-0.4, -0.2) is 37.2 Å². The Balaban J connectivity index is 4.20. The molecule has 0 aromatic rings. The lowest BCUT2D eigenvalue weighted by atomic mass is 10.0. The van der Waals surface area contributed by atoms with Gasteiger partial charge in [0.15, 0.2) is 6.10 Å². The van der Waals surface area contributed by atoms with Crippen LogP contribution in [0.2, 0.25) is 0 Å². The van der Waals surface area contributed by atoms with Gasteiger partial charge in [-0.15, -0.1) is 0 Å². The zero-order valence-electron chi connectivity index (χ0n) is 53.3. The molecule has 0 saturated heterocycles. The Labute approximate surface area is 497 Å². The van der Waals surface area contributed by atoms with E-state index in [1.165, 1.54) is 225 Å². The highest BCUT2D eigenvalue weighted by atomic mass is 16.6. The molecule has 1 unspecified atom stereocenters. The van der Waals surface area contributed by atoms with Crippen LogP contribution in [0.25, 0.3) is 0 Å². The fourth-order valence-electron chi connectivity index (χ4n) is 10.2. The first kappa shape index (κ1) is 76.9. The average Bonchev–Trinajstić information content (AvgIpc) is 3.46. The van der Waals surface area contributed by atoms with Crippen molar-refractivity contribution in [2.45, 2.75) is 367 Å². The van der Waals surface area contributed by atoms with E-state index in [4.69, 9.17) is 14.2 Å². The number of hydrogen-bond acceptors (Lipinski definition) is 6. The van der Waals surface area contributed by atoms with Crippen LogP contribution < -0.4 is 0 Å². The summed E-state index contributed by atoms with van der Waals surface area (Å²) in [4.78, 5) is 38.4. The van der Waals surface area contributed by atoms with E-state index in [0.717, 1.165) is 96.3 Å². The summed E-state index contributed by atoms with van der Waals surface area (Å²) in [6, 6.07) is 0. The van der Waals surface area contributed by atoms with Gasteiger partial charge in [0.2, 0.25) is 0 Å². The molecule has 0 aliphatic carbocycles. The number of unbranched alkanes of at least 4 members (excludes halogenated alkanes) is 41. The number of carbonyl (C=O) groups excluding carboxylic acids is 3. The number of hydrogen-bond donors (Lipinski definition) is 0. The van der Waals surface area contributed by atoms with Crippen LogP contribution in [0.15, 0.2) is 72.9 Å². The second kappa shape index (κ2) is 68.3. The highest BCUT2D eigenvalue weighted by Crippen LogP contribution is 2.18. The first-order chi connectivity index (χ1) is 39.5. The molecule has 0 aliphatic rings. The van der Waals surface area contributed by atoms with Crippen LogP contribution in [0.1, 0.15) is 361 Å². The van der Waals surface area contributed by atoms with Crippen LogP contribution in [0.5, 0.6) is 0 Å². The fourth-order valence-corrected chi connectivity index (χ4v) is 10.2. The molecule has 1 atom stereocenters. The minimum Gasteiger partial charge on any atom is -0.462 e. The Bertz CT molecular complexity index is 1470. The van der Waals surface area contributed by atoms with Crippen LogP contribution >= 0.6 is 0 Å². The normalized spacial score (nSPS) is 12.5. The topological polar surface area (TPSA) is 78.9 Å². The maximum absolute atomic E-state index is 12.9. The molecular weight excluding hydrogens is 985 g/mol. The first-order valence-corrected chi connectivity index (χ1v) is 34.9. The summed E-state index contributed by atoms with van der Waals surface area (Å²) >= 11 is 0. The summed E-state index contributed by atoms with van der Waals surface area (Å²) < 4.78 is 17.0. The summed E-state index contributed by atoms with van der Waals surface area (Å²) in [6.45, 7) is 6.57. The summed E-state index contributed by atoms with van der Waals surface area (Å²) in [7, 11) is 0. The lowest BCUT2D eigenvalue weighted by Crippen LogP contribution is -2.30. The maximum atomic E-state index is 12.9. The van der Waals surface area contributed by atoms with Gasteiger partial charge in [-0.2, -0.15) is 0 Å². The van der Waals surface area contributed by atoms with E-state index in [2.05, 4.69) is 93.7 Å². The third-order valence-electron chi connectivity index (χ3n) is 15.4. The van der Waals surface area contributed by atoms with E-state index >= 15 is 0 Å². The lowest BCUT2D eigenvalue weighted by Gasteiger charge is -2.18. The molecule has 0 heterocycles. The Kier molecular flexibility index (Phi) is 65.7. The molecule has 6 heteroatoms. The van der Waals surface area contributed by atoms with Crippen LogP contribution in [-0.2, 0) is 28.6 Å². The van der Waals surface area contributed by atoms with E-state index in [0.29, 0.717) is 19.3 Å². The zero-order chi connectivity index (χ0) is 57.8. The minimum absolute atomic E-state index is 0.0728. The number of ether oxygens (including phenoxy) is 3. The van der Waals surface area contributed by atoms with E-state index in [1.54, 1.807) is 0 Å². The van der Waals surface area contributed by atoms with Gasteiger partial charge in [-0.25, -0.2) is 0 Å². The summed E-state index contributed by atoms with van der Waals surface area (Å²) in [5.74, 6) is -0.859. The second-order valence-electron chi connectivity index (χ2n) is 23.4. The van der Waals surface area contributed by atoms with Crippen molar-refractivity contribution in [1.82, 2.24) is 0 Å². The van der Waals surface area contributed by atoms with Gasteiger partial charge >= 0.3 is 17.9 Å². The first-order valence-electron chi connectivity index (χ1n) is 34.9. The predicted molar refractivity (Wildman–Crippen MR) is 348 cm³/mol. The van der Waals surface area contributed by atoms with Crippen LogP contribution in [0.4, 0.5) is 0 Å². The molecule has 464 valence electrons. The SMILES string of the molecule is CC/C=C\C/C=C\C/C=C\C/C=C\C/C=C\CCCCCCCCCCCCCCCCCC(=O)OCC(COC(=O)CCCCCCC/C=C\CCCCCCC)OC(=O)CCCCCCCCCCCCCCCCCCC. The van der Waals surface area contributed by atoms with Crippen molar-refractivity contribution in [1.29, 1.82) is 0 Å². The van der Waals surface area contributed by atoms with Gasteiger partial charge in [0.25, 0.3) is 0 Å². The molecule has 0 fully saturated rings. The molecule has 0 rings (SSSR count). The number of esters is 3. The number of rotatable bonds is 64. The zero-order valence-corrected chi connectivity index (χ0v) is 53.3. The van der Waals surface area contributed by atoms with Gasteiger partial charge in [-0.05, 0) is 89.9 Å². The van der Waals surface area contributed by atoms with Crippen molar-refractivity contribution in [3.8, 4) is 0 Å². The fraction of sp³-hybridized carbons (Fsp3) is 0.797. The monoisotopic (exact) mass is 1120 g/mol. The van der Waals surface area contributed by atoms with Crippen molar-refractivity contribution in [2.24, 2.45) is 0 Å². The van der Waals surface area contributed by atoms with Gasteiger partial charge in [-0.1, -0.05) is 325 Å². The van der Waals surface area contributed by atoms with Crippen molar-refractivity contribution in [2.75, 3.05) is 13.2 Å². The van der Waals surface area contributed by atoms with Crippen LogP contribution in [0, 0.1) is 0 Å². The molecule has 0 saturated carbocycles. The Morgan fingerprint density at radius 3 is 0.775 bits per heavy atom. The summed E-state index contributed by atoms with van der Waals surface area (Å²) in [5, 5.41) is 0. The third-order valence-corrected chi connectivity index (χ3v) is 15.4. The Hall–Kier alpha value is -3.15. The quantitative estimate of drug-likeness (QED) is 0.0261. The molecule has 0 bridgehead atoms. The van der Waals surface area contributed by atoms with Crippen molar-refractivity contribution >= 4 is 17.9 Å². The van der Waals surface area contributed by atoms with Crippen molar-refractivity contribution in [3.05, 3.63) is 72.9 Å². The summed E-state index contributed by atoms with van der Waals surface area (Å²) in [6.07, 6.45) is 89.3. The molecule has 0 aliphatic heterocycles. The molecule has 0 aromatic carbocycles. The molecule has 80 heavy (non-hydrogen) atoms. The van der Waals surface area contributed by atoms with Gasteiger partial charge in [0.05, 0.1) is 0 Å². The minimum atomic E-state index is -0.776. The Morgan fingerprint density at radius 1 is 0.263 bits per heavy atom. The standard InChI is InChI=1S/C74H132O6/c1-4-7-10-13-16-19-22-25-28-30-31-32-33-34-35-36-37-38-39-40-41-42-43-45-46-49-52-55-58-61-64-67-73(76)79-70-71(69-78-72(75)66-63-60-57-54-51-48-27-24-21-18-15-12-9-6-3)80-74(77)68-65-62-59-56-53-50-47-44-29-26-23-20-17-14-11-8-5-2/h7,10,16,19,24-25,27-28,31-32,34-35,71H,4-6,8-9,11-15,17-18,20-23,26,29-30,33,36-70H2,1-3H3/b10-7-,19-16-,27-24-,28-25-,32-31-,35-34-. The highest BCUT2D eigenvalue weighted by Gasteiger charge is 2.19. The van der Waals surface area contributed by atoms with Crippen LogP contribution in [0.3, 0.4) is 0 Å². The predicted octanol–water partition coefficient (Wildman–Crippen LogP) is 24.1. The van der Waals surface area contributed by atoms with Gasteiger partial charge in [0, 0.05) is 19.3 Å². The highest BCUT2D eigenvalue weighted by molar-refractivity contribution is 5.71. The molecule has 0 spiro atoms. The number of carbonyl (C=O) groups is 3. The largest absolute Gasteiger partial charge is 0.462 e. The van der Waals surface area contributed by atoms with Gasteiger partial charge in [-0.3, -0.25) is 14.4 Å². The maximum Gasteiger partial charge on any atom is 0.306 e. The second-order valence-corrected chi connectivity index (χ2v) is 23.4. The molecule has 0 aromatic heterocycles. The van der Waals surface area contributed by atoms with E-state index < -0.39 is 6.10 Å². The number of allylic oxidation sites excluding steroid dienone is 12. The van der Waals surface area contributed by atoms with Gasteiger partial charge < -0.3 is 14.2 Å². The third kappa shape index (κ3) is 65.7. The molecular formula is C74H132O6. The Morgan fingerprint density at radius 2 is 0.487 bits per heavy atom. The molecule has 0 N–H and O–H groups in total. The van der Waals surface area contributed by atoms with Gasteiger partial charge in [0.1, 0.15) is 13.2 Å². The molecule has 6 nitrogen and oxygen atoms in total. The van der Waals surface area contributed by atoms with E-state index in [-0.39, 0.29) is 31.1 Å². The average molecular weight is 1120 g/mol.